The Kier molecular flexibility index (Phi) is 3.74. The van der Waals surface area contributed by atoms with Gasteiger partial charge in [-0.25, -0.2) is 0 Å². The SMILES string of the molecule is Nc1cc(-c2ccsc2)ccc1C(=O)N1CCCCC1. The Bertz CT molecular complexity index is 601. The van der Waals surface area contributed by atoms with Gasteiger partial charge in [0.05, 0.1) is 5.56 Å². The number of carbonyl (C=O) groups excluding carboxylic acids is 1. The molecule has 0 bridgehead atoms. The van der Waals surface area contributed by atoms with E-state index in [1.54, 1.807) is 11.3 Å². The maximum Gasteiger partial charge on any atom is 0.255 e. The summed E-state index contributed by atoms with van der Waals surface area (Å²) in [7, 11) is 0. The molecule has 1 fully saturated rings. The van der Waals surface area contributed by atoms with E-state index in [9.17, 15) is 4.79 Å². The van der Waals surface area contributed by atoms with Gasteiger partial charge in [-0.05, 0) is 59.3 Å². The number of anilines is 1. The minimum absolute atomic E-state index is 0.0686. The second-order valence-corrected chi connectivity index (χ2v) is 5.95. The fraction of sp³-hybridized carbons (Fsp3) is 0.312. The van der Waals surface area contributed by atoms with E-state index in [1.807, 2.05) is 28.5 Å². The van der Waals surface area contributed by atoms with Crippen LogP contribution < -0.4 is 5.73 Å². The molecule has 3 nitrogen and oxygen atoms in total. The molecule has 0 aliphatic carbocycles. The van der Waals surface area contributed by atoms with Crippen molar-refractivity contribution < 1.29 is 4.79 Å². The normalized spacial score (nSPS) is 15.3. The summed E-state index contributed by atoms with van der Waals surface area (Å²) in [6.45, 7) is 1.70. The Morgan fingerprint density at radius 1 is 1.10 bits per heavy atom. The highest BCUT2D eigenvalue weighted by Gasteiger charge is 2.20. The number of nitrogens with two attached hydrogens (primary N) is 1. The van der Waals surface area contributed by atoms with Gasteiger partial charge < -0.3 is 10.6 Å². The van der Waals surface area contributed by atoms with Gasteiger partial charge in [-0.2, -0.15) is 11.3 Å². The maximum absolute atomic E-state index is 12.5. The van der Waals surface area contributed by atoms with Crippen LogP contribution >= 0.6 is 11.3 Å². The molecule has 0 radical (unpaired) electrons. The second kappa shape index (κ2) is 5.67. The molecule has 0 atom stereocenters. The summed E-state index contributed by atoms with van der Waals surface area (Å²) in [5.74, 6) is 0.0686. The minimum atomic E-state index is 0.0686. The van der Waals surface area contributed by atoms with Crippen LogP contribution in [0, 0.1) is 0 Å². The Morgan fingerprint density at radius 3 is 2.55 bits per heavy atom. The van der Waals surface area contributed by atoms with Crippen LogP contribution in [0.3, 0.4) is 0 Å². The number of carbonyl (C=O) groups is 1. The monoisotopic (exact) mass is 286 g/mol. The average molecular weight is 286 g/mol. The molecule has 1 aromatic heterocycles. The number of piperidine rings is 1. The standard InChI is InChI=1S/C16H18N2OS/c17-15-10-12(13-6-9-20-11-13)4-5-14(15)16(19)18-7-2-1-3-8-18/h4-6,9-11H,1-3,7-8,17H2. The number of hydrogen-bond acceptors (Lipinski definition) is 3. The van der Waals surface area contributed by atoms with Crippen molar-refractivity contribution in [2.45, 2.75) is 19.3 Å². The van der Waals surface area contributed by atoms with Gasteiger partial charge in [0.25, 0.3) is 5.91 Å². The van der Waals surface area contributed by atoms with Crippen LogP contribution in [0.2, 0.25) is 0 Å². The summed E-state index contributed by atoms with van der Waals surface area (Å²) in [5, 5.41) is 4.12. The number of amides is 1. The number of nitrogen functional groups attached to an aromatic ring is 1. The van der Waals surface area contributed by atoms with Crippen molar-refractivity contribution in [3.05, 3.63) is 40.6 Å². The lowest BCUT2D eigenvalue weighted by atomic mass is 10.0. The summed E-state index contributed by atoms with van der Waals surface area (Å²) < 4.78 is 0. The molecule has 1 aromatic carbocycles. The summed E-state index contributed by atoms with van der Waals surface area (Å²) in [4.78, 5) is 14.4. The fourth-order valence-corrected chi connectivity index (χ4v) is 3.30. The lowest BCUT2D eigenvalue weighted by Crippen LogP contribution is -2.35. The van der Waals surface area contributed by atoms with Crippen LogP contribution in [0.1, 0.15) is 29.6 Å². The van der Waals surface area contributed by atoms with Crippen LogP contribution in [0.4, 0.5) is 5.69 Å². The topological polar surface area (TPSA) is 46.3 Å². The minimum Gasteiger partial charge on any atom is -0.398 e. The summed E-state index contributed by atoms with van der Waals surface area (Å²) in [6, 6.07) is 7.81. The first-order chi connectivity index (χ1) is 9.75. The van der Waals surface area contributed by atoms with Gasteiger partial charge in [0, 0.05) is 18.8 Å². The molecule has 104 valence electrons. The zero-order chi connectivity index (χ0) is 13.9. The van der Waals surface area contributed by atoms with Crippen molar-refractivity contribution in [1.82, 2.24) is 4.90 Å². The van der Waals surface area contributed by atoms with Crippen LogP contribution in [0.25, 0.3) is 11.1 Å². The largest absolute Gasteiger partial charge is 0.398 e. The first kappa shape index (κ1) is 13.2. The Labute approximate surface area is 123 Å². The highest BCUT2D eigenvalue weighted by atomic mass is 32.1. The maximum atomic E-state index is 12.5. The van der Waals surface area contributed by atoms with Crippen molar-refractivity contribution in [3.8, 4) is 11.1 Å². The average Bonchev–Trinajstić information content (AvgIpc) is 3.01. The molecule has 1 aliphatic rings. The third-order valence-corrected chi connectivity index (χ3v) is 4.46. The smallest absolute Gasteiger partial charge is 0.255 e. The number of nitrogens with zero attached hydrogens (tertiary/aromatic N) is 1. The lowest BCUT2D eigenvalue weighted by Gasteiger charge is -2.27. The second-order valence-electron chi connectivity index (χ2n) is 5.17. The van der Waals surface area contributed by atoms with E-state index in [0.29, 0.717) is 11.3 Å². The molecule has 2 heterocycles. The molecule has 0 unspecified atom stereocenters. The van der Waals surface area contributed by atoms with Crippen molar-refractivity contribution in [3.63, 3.8) is 0 Å². The third kappa shape index (κ3) is 2.56. The third-order valence-electron chi connectivity index (χ3n) is 3.78. The van der Waals surface area contributed by atoms with E-state index >= 15 is 0 Å². The number of thiophene rings is 1. The predicted octanol–water partition coefficient (Wildman–Crippen LogP) is 3.62. The van der Waals surface area contributed by atoms with E-state index in [2.05, 4.69) is 11.4 Å². The molecule has 0 saturated carbocycles. The highest BCUT2D eigenvalue weighted by Crippen LogP contribution is 2.27. The van der Waals surface area contributed by atoms with E-state index in [0.717, 1.165) is 37.1 Å². The molecule has 1 amide bonds. The zero-order valence-electron chi connectivity index (χ0n) is 11.3. The van der Waals surface area contributed by atoms with E-state index in [-0.39, 0.29) is 5.91 Å². The van der Waals surface area contributed by atoms with Crippen LogP contribution in [0.5, 0.6) is 0 Å². The Balaban J connectivity index is 1.85. The number of likely N-dealkylation sites (tertiary alicyclic amines) is 1. The molecule has 2 N–H and O–H groups in total. The van der Waals surface area contributed by atoms with Crippen molar-refractivity contribution in [2.24, 2.45) is 0 Å². The van der Waals surface area contributed by atoms with Gasteiger partial charge in [-0.15, -0.1) is 0 Å². The number of benzene rings is 1. The van der Waals surface area contributed by atoms with Gasteiger partial charge in [-0.1, -0.05) is 6.07 Å². The fourth-order valence-electron chi connectivity index (χ4n) is 2.63. The van der Waals surface area contributed by atoms with Crippen molar-refractivity contribution >= 4 is 22.9 Å². The molecular weight excluding hydrogens is 268 g/mol. The molecule has 4 heteroatoms. The molecular formula is C16H18N2OS. The first-order valence-corrected chi connectivity index (χ1v) is 7.91. The molecule has 3 rings (SSSR count). The summed E-state index contributed by atoms with van der Waals surface area (Å²) in [6.07, 6.45) is 3.41. The van der Waals surface area contributed by atoms with Gasteiger partial charge in [0.2, 0.25) is 0 Å². The zero-order valence-corrected chi connectivity index (χ0v) is 12.2. The summed E-state index contributed by atoms with van der Waals surface area (Å²) >= 11 is 1.66. The highest BCUT2D eigenvalue weighted by molar-refractivity contribution is 7.08. The van der Waals surface area contributed by atoms with Gasteiger partial charge in [0.15, 0.2) is 0 Å². The molecule has 1 saturated heterocycles. The Hall–Kier alpha value is -1.81. The van der Waals surface area contributed by atoms with Crippen LogP contribution in [-0.2, 0) is 0 Å². The molecule has 0 spiro atoms. The molecule has 2 aromatic rings. The number of rotatable bonds is 2. The summed E-state index contributed by atoms with van der Waals surface area (Å²) in [5.41, 5.74) is 9.51. The Morgan fingerprint density at radius 2 is 1.90 bits per heavy atom. The first-order valence-electron chi connectivity index (χ1n) is 6.97. The predicted molar refractivity (Wildman–Crippen MR) is 83.9 cm³/mol. The van der Waals surface area contributed by atoms with E-state index < -0.39 is 0 Å². The van der Waals surface area contributed by atoms with E-state index in [1.165, 1.54) is 6.42 Å². The quantitative estimate of drug-likeness (QED) is 0.857. The number of hydrogen-bond donors (Lipinski definition) is 1. The van der Waals surface area contributed by atoms with Crippen molar-refractivity contribution in [2.75, 3.05) is 18.8 Å². The van der Waals surface area contributed by atoms with Crippen LogP contribution in [-0.4, -0.2) is 23.9 Å². The van der Waals surface area contributed by atoms with Crippen molar-refractivity contribution in [1.29, 1.82) is 0 Å². The molecule has 1 aliphatic heterocycles. The van der Waals surface area contributed by atoms with E-state index in [4.69, 9.17) is 5.73 Å². The van der Waals surface area contributed by atoms with Gasteiger partial charge >= 0.3 is 0 Å². The van der Waals surface area contributed by atoms with Crippen LogP contribution in [0.15, 0.2) is 35.0 Å². The molecule has 20 heavy (non-hydrogen) atoms. The lowest BCUT2D eigenvalue weighted by molar-refractivity contribution is 0.0725. The van der Waals surface area contributed by atoms with Gasteiger partial charge in [0.1, 0.15) is 0 Å². The van der Waals surface area contributed by atoms with Gasteiger partial charge in [-0.3, -0.25) is 4.79 Å².